The van der Waals surface area contributed by atoms with Crippen LogP contribution in [-0.2, 0) is 14.3 Å². The van der Waals surface area contributed by atoms with Gasteiger partial charge < -0.3 is 14.2 Å². The second kappa shape index (κ2) is 12.5. The fraction of sp³-hybridized carbons (Fsp3) is 0.556. The summed E-state index contributed by atoms with van der Waals surface area (Å²) in [6, 6.07) is 7.25. The minimum atomic E-state index is -0.622. The summed E-state index contributed by atoms with van der Waals surface area (Å²) in [7, 11) is 1.60. The van der Waals surface area contributed by atoms with Crippen molar-refractivity contribution in [1.82, 2.24) is 0 Å². The molecule has 1 amide bonds. The summed E-state index contributed by atoms with van der Waals surface area (Å²) >= 11 is 0. The van der Waals surface area contributed by atoms with Crippen molar-refractivity contribution in [2.24, 2.45) is 11.8 Å². The smallest absolute Gasteiger partial charge is 0.418 e. The predicted octanol–water partition coefficient (Wildman–Crippen LogP) is 6.65. The molecule has 0 aromatic heterocycles. The van der Waals surface area contributed by atoms with Crippen molar-refractivity contribution in [1.29, 1.82) is 0 Å². The first-order valence-corrected chi connectivity index (χ1v) is 11.9. The second-order valence-electron chi connectivity index (χ2n) is 9.32. The number of rotatable bonds is 10. The molecule has 0 N–H and O–H groups in total. The summed E-state index contributed by atoms with van der Waals surface area (Å²) in [4.78, 5) is 26.6. The zero-order valence-corrected chi connectivity index (χ0v) is 20.9. The van der Waals surface area contributed by atoms with Crippen LogP contribution in [0.3, 0.4) is 0 Å². The number of methoxy groups -OCH3 is 1. The number of hydrogen-bond donors (Lipinski definition) is 0. The monoisotopic (exact) mass is 457 g/mol. The highest BCUT2D eigenvalue weighted by Crippen LogP contribution is 2.35. The maximum atomic E-state index is 13.0. The third-order valence-corrected chi connectivity index (χ3v) is 5.63. The number of ether oxygens (including phenoxy) is 3. The highest BCUT2D eigenvalue weighted by molar-refractivity contribution is 5.90. The predicted molar refractivity (Wildman–Crippen MR) is 131 cm³/mol. The van der Waals surface area contributed by atoms with Crippen molar-refractivity contribution in [3.8, 4) is 5.75 Å². The van der Waals surface area contributed by atoms with Crippen LogP contribution in [0.25, 0.3) is 0 Å². The molecule has 1 heterocycles. The molecule has 1 aliphatic heterocycles. The maximum Gasteiger partial charge on any atom is 0.418 e. The van der Waals surface area contributed by atoms with Crippen molar-refractivity contribution in [2.45, 2.75) is 78.4 Å². The van der Waals surface area contributed by atoms with Gasteiger partial charge in [0.1, 0.15) is 17.5 Å². The molecule has 1 saturated heterocycles. The van der Waals surface area contributed by atoms with Gasteiger partial charge in [-0.1, -0.05) is 32.1 Å². The van der Waals surface area contributed by atoms with Gasteiger partial charge in [-0.25, -0.2) is 4.79 Å². The quantitative estimate of drug-likeness (QED) is 0.290. The van der Waals surface area contributed by atoms with Crippen molar-refractivity contribution in [2.75, 3.05) is 12.0 Å². The first-order chi connectivity index (χ1) is 15.7. The fourth-order valence-electron chi connectivity index (χ4n) is 3.96. The topological polar surface area (TPSA) is 65.1 Å². The van der Waals surface area contributed by atoms with E-state index in [2.05, 4.69) is 26.0 Å². The molecule has 1 aliphatic rings. The van der Waals surface area contributed by atoms with Gasteiger partial charge >= 0.3 is 12.1 Å². The van der Waals surface area contributed by atoms with Crippen molar-refractivity contribution < 1.29 is 23.8 Å². The van der Waals surface area contributed by atoms with Crippen LogP contribution in [0.2, 0.25) is 0 Å². The molecule has 0 unspecified atom stereocenters. The highest BCUT2D eigenvalue weighted by atomic mass is 16.6. The minimum absolute atomic E-state index is 0.0881. The van der Waals surface area contributed by atoms with E-state index < -0.39 is 11.7 Å². The van der Waals surface area contributed by atoms with Gasteiger partial charge in [-0.3, -0.25) is 9.69 Å². The summed E-state index contributed by atoms with van der Waals surface area (Å²) in [5.41, 5.74) is 0.0546. The second-order valence-corrected chi connectivity index (χ2v) is 9.32. The van der Waals surface area contributed by atoms with E-state index in [1.165, 1.54) is 4.90 Å². The Bertz CT molecular complexity index is 822. The van der Waals surface area contributed by atoms with E-state index in [-0.39, 0.29) is 23.9 Å². The Hall–Kier alpha value is -2.76. The highest BCUT2D eigenvalue weighted by Gasteiger charge is 2.38. The summed E-state index contributed by atoms with van der Waals surface area (Å²) < 4.78 is 16.5. The molecule has 1 aromatic rings. The van der Waals surface area contributed by atoms with Crippen LogP contribution in [0.4, 0.5) is 10.5 Å². The molecule has 2 rings (SSSR count). The largest absolute Gasteiger partial charge is 0.497 e. The van der Waals surface area contributed by atoms with Gasteiger partial charge in [-0.15, -0.1) is 0 Å². The van der Waals surface area contributed by atoms with Gasteiger partial charge in [0.15, 0.2) is 0 Å². The molecule has 1 fully saturated rings. The van der Waals surface area contributed by atoms with E-state index >= 15 is 0 Å². The van der Waals surface area contributed by atoms with Crippen molar-refractivity contribution in [3.63, 3.8) is 0 Å². The van der Waals surface area contributed by atoms with Crippen LogP contribution in [0.1, 0.15) is 66.7 Å². The minimum Gasteiger partial charge on any atom is -0.497 e. The Morgan fingerprint density at radius 3 is 2.48 bits per heavy atom. The number of hydrogen-bond acceptors (Lipinski definition) is 5. The molecular formula is C27H39NO5. The number of amides is 1. The molecule has 0 spiro atoms. The van der Waals surface area contributed by atoms with E-state index in [0.29, 0.717) is 17.9 Å². The summed E-state index contributed by atoms with van der Waals surface area (Å²) in [6.07, 6.45) is 11.4. The summed E-state index contributed by atoms with van der Waals surface area (Å²) in [5, 5.41) is 0. The molecule has 6 heteroatoms. The molecule has 0 bridgehead atoms. The Morgan fingerprint density at radius 2 is 1.91 bits per heavy atom. The van der Waals surface area contributed by atoms with E-state index in [4.69, 9.17) is 14.2 Å². The number of anilines is 1. The lowest BCUT2D eigenvalue weighted by atomic mass is 9.83. The lowest BCUT2D eigenvalue weighted by Gasteiger charge is -2.27. The number of nitrogens with zero attached hydrogens (tertiary/aromatic N) is 1. The molecule has 0 radical (unpaired) electrons. The van der Waals surface area contributed by atoms with Gasteiger partial charge in [0.05, 0.1) is 19.2 Å². The van der Waals surface area contributed by atoms with E-state index in [0.717, 1.165) is 25.7 Å². The van der Waals surface area contributed by atoms with Crippen molar-refractivity contribution in [3.05, 3.63) is 48.7 Å². The Kier molecular flexibility index (Phi) is 10.0. The third-order valence-electron chi connectivity index (χ3n) is 5.63. The van der Waals surface area contributed by atoms with Gasteiger partial charge in [0.2, 0.25) is 0 Å². The average molecular weight is 458 g/mol. The van der Waals surface area contributed by atoms with Crippen LogP contribution in [0.5, 0.6) is 5.75 Å². The van der Waals surface area contributed by atoms with Crippen molar-refractivity contribution >= 4 is 17.7 Å². The lowest BCUT2D eigenvalue weighted by Crippen LogP contribution is -2.34. The van der Waals surface area contributed by atoms with Crippen LogP contribution < -0.4 is 9.64 Å². The van der Waals surface area contributed by atoms with Gasteiger partial charge in [0.25, 0.3) is 0 Å². The molecule has 182 valence electrons. The number of esters is 1. The summed E-state index contributed by atoms with van der Waals surface area (Å²) in [6.45, 7) is 9.72. The number of carbonyl (C=O) groups is 2. The molecular weight excluding hydrogens is 418 g/mol. The zero-order valence-electron chi connectivity index (χ0n) is 20.9. The normalized spacial score (nSPS) is 19.6. The first-order valence-electron chi connectivity index (χ1n) is 11.9. The van der Waals surface area contributed by atoms with Crippen LogP contribution in [-0.4, -0.2) is 30.9 Å². The third kappa shape index (κ3) is 8.26. The SMILES string of the molecule is CC/C=C/CC[C@@H]1OC(=O)C[C@H]1[C@H](/C=C\N(C(=O)OC(C)(C)C)c1ccc(OC)cc1)CC. The molecule has 33 heavy (non-hydrogen) atoms. The fourth-order valence-corrected chi connectivity index (χ4v) is 3.96. The van der Waals surface area contributed by atoms with Crippen LogP contribution >= 0.6 is 0 Å². The van der Waals surface area contributed by atoms with E-state index in [9.17, 15) is 9.59 Å². The molecule has 6 nitrogen and oxygen atoms in total. The van der Waals surface area contributed by atoms with Gasteiger partial charge in [-0.05, 0) is 76.6 Å². The molecule has 1 aromatic carbocycles. The maximum absolute atomic E-state index is 13.0. The first kappa shape index (κ1) is 26.5. The Labute approximate surface area is 198 Å². The standard InChI is InChI=1S/C27H39NO5/c1-7-9-10-11-12-24-23(19-25(29)32-24)20(8-2)17-18-28(26(30)33-27(3,4)5)21-13-15-22(31-6)16-14-21/h9-10,13-18,20,23-24H,7-8,11-12,19H2,1-6H3/b10-9+,18-17-/t20-,23-,24-/m0/s1. The van der Waals surface area contributed by atoms with Gasteiger partial charge in [-0.2, -0.15) is 0 Å². The average Bonchev–Trinajstić information content (AvgIpc) is 3.13. The zero-order chi connectivity index (χ0) is 24.4. The molecule has 0 saturated carbocycles. The van der Waals surface area contributed by atoms with Gasteiger partial charge in [0, 0.05) is 12.1 Å². The van der Waals surface area contributed by atoms with E-state index in [1.54, 1.807) is 25.4 Å². The number of benzene rings is 1. The number of carbonyl (C=O) groups excluding carboxylic acids is 2. The molecule has 0 aliphatic carbocycles. The Morgan fingerprint density at radius 1 is 1.21 bits per heavy atom. The Balaban J connectivity index is 2.24. The van der Waals surface area contributed by atoms with Crippen LogP contribution in [0, 0.1) is 11.8 Å². The summed E-state index contributed by atoms with van der Waals surface area (Å²) in [5.74, 6) is 0.750. The number of cyclic esters (lactones) is 1. The molecule has 3 atom stereocenters. The van der Waals surface area contributed by atoms with E-state index in [1.807, 2.05) is 39.0 Å². The van der Waals surface area contributed by atoms with Crippen LogP contribution in [0.15, 0.2) is 48.7 Å². The number of allylic oxidation sites excluding steroid dienone is 3. The lowest BCUT2D eigenvalue weighted by molar-refractivity contribution is -0.141.